The summed E-state index contributed by atoms with van der Waals surface area (Å²) < 4.78 is 26.7. The number of hydrogen-bond donors (Lipinski definition) is 2. The summed E-state index contributed by atoms with van der Waals surface area (Å²) in [6.07, 6.45) is 3.86. The molecule has 0 spiro atoms. The zero-order valence-corrected chi connectivity index (χ0v) is 13.0. The van der Waals surface area contributed by atoms with Crippen molar-refractivity contribution in [1.82, 2.24) is 4.72 Å². The van der Waals surface area contributed by atoms with Crippen molar-refractivity contribution < 1.29 is 18.3 Å². The fraction of sp³-hybridized carbons (Fsp3) is 0.923. The molecule has 3 atom stereocenters. The average molecular weight is 291 g/mol. The summed E-state index contributed by atoms with van der Waals surface area (Å²) in [6, 6.07) is -0.152. The summed E-state index contributed by atoms with van der Waals surface area (Å²) in [5, 5.41) is 7.45. The number of sulfonamides is 1. The van der Waals surface area contributed by atoms with Crippen LogP contribution in [0.1, 0.15) is 53.4 Å². The standard InChI is InChI=1S/C13H25NO4S/c1-9(12(15)16)19(17,18)14-11-8-6-5-7-10(11)13(2,3)4/h9-11,14H,5-8H2,1-4H3,(H,15,16). The van der Waals surface area contributed by atoms with Crippen LogP contribution in [0.5, 0.6) is 0 Å². The van der Waals surface area contributed by atoms with E-state index in [-0.39, 0.29) is 17.4 Å². The van der Waals surface area contributed by atoms with E-state index in [0.717, 1.165) is 25.7 Å². The van der Waals surface area contributed by atoms with Crippen molar-refractivity contribution in [2.75, 3.05) is 0 Å². The molecule has 0 heterocycles. The molecule has 1 fully saturated rings. The Morgan fingerprint density at radius 3 is 2.26 bits per heavy atom. The van der Waals surface area contributed by atoms with Crippen LogP contribution in [-0.4, -0.2) is 30.8 Å². The van der Waals surface area contributed by atoms with Crippen molar-refractivity contribution in [1.29, 1.82) is 0 Å². The second-order valence-corrected chi connectivity index (χ2v) is 8.54. The Morgan fingerprint density at radius 2 is 1.79 bits per heavy atom. The molecule has 0 aromatic carbocycles. The molecule has 0 radical (unpaired) electrons. The maximum atomic E-state index is 12.0. The lowest BCUT2D eigenvalue weighted by Gasteiger charge is -2.40. The van der Waals surface area contributed by atoms with Gasteiger partial charge in [-0.3, -0.25) is 4.79 Å². The van der Waals surface area contributed by atoms with Gasteiger partial charge in [-0.1, -0.05) is 33.6 Å². The maximum Gasteiger partial charge on any atom is 0.323 e. The minimum atomic E-state index is -3.80. The number of carbonyl (C=O) groups is 1. The van der Waals surface area contributed by atoms with Crippen molar-refractivity contribution in [2.45, 2.75) is 64.7 Å². The van der Waals surface area contributed by atoms with Crippen LogP contribution in [0.3, 0.4) is 0 Å². The largest absolute Gasteiger partial charge is 0.480 e. The van der Waals surface area contributed by atoms with E-state index in [2.05, 4.69) is 25.5 Å². The molecule has 19 heavy (non-hydrogen) atoms. The molecule has 0 aromatic heterocycles. The third-order valence-corrected chi connectivity index (χ3v) is 5.77. The Hall–Kier alpha value is -0.620. The van der Waals surface area contributed by atoms with Gasteiger partial charge in [-0.15, -0.1) is 0 Å². The highest BCUT2D eigenvalue weighted by Gasteiger charge is 2.38. The van der Waals surface area contributed by atoms with E-state index in [9.17, 15) is 13.2 Å². The van der Waals surface area contributed by atoms with Gasteiger partial charge >= 0.3 is 5.97 Å². The van der Waals surface area contributed by atoms with E-state index in [1.165, 1.54) is 6.92 Å². The van der Waals surface area contributed by atoms with Gasteiger partial charge in [0.05, 0.1) is 0 Å². The summed E-state index contributed by atoms with van der Waals surface area (Å²) in [5.74, 6) is -1.06. The lowest BCUT2D eigenvalue weighted by atomic mass is 9.70. The van der Waals surface area contributed by atoms with E-state index < -0.39 is 21.2 Å². The zero-order chi connectivity index (χ0) is 14.8. The monoisotopic (exact) mass is 291 g/mol. The second-order valence-electron chi connectivity index (χ2n) is 6.51. The van der Waals surface area contributed by atoms with E-state index >= 15 is 0 Å². The Morgan fingerprint density at radius 1 is 1.26 bits per heavy atom. The Labute approximate surface area is 115 Å². The van der Waals surface area contributed by atoms with Crippen LogP contribution in [0.25, 0.3) is 0 Å². The molecule has 0 aliphatic heterocycles. The molecule has 112 valence electrons. The second kappa shape index (κ2) is 5.79. The number of carboxylic acids is 1. The average Bonchev–Trinajstić information content (AvgIpc) is 2.26. The highest BCUT2D eigenvalue weighted by molar-refractivity contribution is 7.90. The zero-order valence-electron chi connectivity index (χ0n) is 12.1. The van der Waals surface area contributed by atoms with Crippen LogP contribution in [0.2, 0.25) is 0 Å². The summed E-state index contributed by atoms with van der Waals surface area (Å²) in [7, 11) is -3.80. The predicted molar refractivity (Wildman–Crippen MR) is 74.4 cm³/mol. The van der Waals surface area contributed by atoms with Crippen LogP contribution >= 0.6 is 0 Å². The molecule has 3 unspecified atom stereocenters. The fourth-order valence-corrected chi connectivity index (χ4v) is 3.93. The van der Waals surface area contributed by atoms with Crippen molar-refractivity contribution >= 4 is 16.0 Å². The third-order valence-electron chi connectivity index (χ3n) is 4.01. The first-order chi connectivity index (χ1) is 8.55. The molecule has 1 rings (SSSR count). The topological polar surface area (TPSA) is 83.5 Å². The molecule has 1 saturated carbocycles. The van der Waals surface area contributed by atoms with Crippen LogP contribution in [0.15, 0.2) is 0 Å². The highest BCUT2D eigenvalue weighted by atomic mass is 32.2. The Balaban J connectivity index is 2.87. The van der Waals surface area contributed by atoms with Crippen LogP contribution in [-0.2, 0) is 14.8 Å². The predicted octanol–water partition coefficient (Wildman–Crippen LogP) is 1.98. The van der Waals surface area contributed by atoms with Crippen LogP contribution < -0.4 is 4.72 Å². The van der Waals surface area contributed by atoms with E-state index in [4.69, 9.17) is 5.11 Å². The van der Waals surface area contributed by atoms with Gasteiger partial charge in [0.25, 0.3) is 0 Å². The normalized spacial score (nSPS) is 26.9. The molecular formula is C13H25NO4S. The van der Waals surface area contributed by atoms with Gasteiger partial charge in [-0.25, -0.2) is 13.1 Å². The van der Waals surface area contributed by atoms with Crippen LogP contribution in [0.4, 0.5) is 0 Å². The minimum absolute atomic E-state index is 0.0140. The summed E-state index contributed by atoms with van der Waals surface area (Å²) in [6.45, 7) is 7.51. The number of carboxylic acid groups (broad SMARTS) is 1. The number of rotatable bonds is 4. The summed E-state index contributed by atoms with van der Waals surface area (Å²) in [5.41, 5.74) is 0.0140. The Bertz CT molecular complexity index is 424. The van der Waals surface area contributed by atoms with E-state index in [1.807, 2.05) is 0 Å². The van der Waals surface area contributed by atoms with E-state index in [1.54, 1.807) is 0 Å². The number of nitrogens with one attached hydrogen (secondary N) is 1. The lowest BCUT2D eigenvalue weighted by molar-refractivity contribution is -0.136. The number of hydrogen-bond acceptors (Lipinski definition) is 3. The van der Waals surface area contributed by atoms with Gasteiger partial charge in [0.2, 0.25) is 10.0 Å². The molecule has 1 aliphatic carbocycles. The fourth-order valence-electron chi connectivity index (χ4n) is 2.75. The quantitative estimate of drug-likeness (QED) is 0.829. The van der Waals surface area contributed by atoms with Crippen molar-refractivity contribution in [2.24, 2.45) is 11.3 Å². The SMILES string of the molecule is CC(C(=O)O)S(=O)(=O)NC1CCCCC1C(C)(C)C. The molecule has 0 saturated heterocycles. The molecule has 5 nitrogen and oxygen atoms in total. The maximum absolute atomic E-state index is 12.0. The van der Waals surface area contributed by atoms with Crippen molar-refractivity contribution in [3.8, 4) is 0 Å². The number of aliphatic carboxylic acids is 1. The smallest absolute Gasteiger partial charge is 0.323 e. The van der Waals surface area contributed by atoms with Gasteiger partial charge < -0.3 is 5.11 Å². The molecule has 0 aromatic rings. The van der Waals surface area contributed by atoms with Gasteiger partial charge in [0, 0.05) is 6.04 Å². The minimum Gasteiger partial charge on any atom is -0.480 e. The highest BCUT2D eigenvalue weighted by Crippen LogP contribution is 2.38. The van der Waals surface area contributed by atoms with Crippen LogP contribution in [0, 0.1) is 11.3 Å². The summed E-state index contributed by atoms with van der Waals surface area (Å²) in [4.78, 5) is 10.8. The van der Waals surface area contributed by atoms with Gasteiger partial charge in [0.1, 0.15) is 0 Å². The van der Waals surface area contributed by atoms with Gasteiger partial charge in [0.15, 0.2) is 5.25 Å². The molecule has 2 N–H and O–H groups in total. The molecule has 1 aliphatic rings. The molecular weight excluding hydrogens is 266 g/mol. The van der Waals surface area contributed by atoms with Gasteiger partial charge in [-0.05, 0) is 31.1 Å². The first-order valence-corrected chi connectivity index (χ1v) is 8.34. The first kappa shape index (κ1) is 16.4. The molecule has 0 bridgehead atoms. The summed E-state index contributed by atoms with van der Waals surface area (Å²) >= 11 is 0. The third kappa shape index (κ3) is 4.18. The van der Waals surface area contributed by atoms with Crippen molar-refractivity contribution in [3.05, 3.63) is 0 Å². The van der Waals surface area contributed by atoms with E-state index in [0.29, 0.717) is 0 Å². The van der Waals surface area contributed by atoms with Gasteiger partial charge in [-0.2, -0.15) is 0 Å². The molecule has 0 amide bonds. The lowest BCUT2D eigenvalue weighted by Crippen LogP contribution is -2.50. The first-order valence-electron chi connectivity index (χ1n) is 6.79. The van der Waals surface area contributed by atoms with Crippen molar-refractivity contribution in [3.63, 3.8) is 0 Å². The Kier molecular flexibility index (Phi) is 5.01. The molecule has 6 heteroatoms.